The number of nitrogens with one attached hydrogen (secondary N) is 1. The molecule has 0 fully saturated rings. The van der Waals surface area contributed by atoms with Crippen molar-refractivity contribution in [2.45, 2.75) is 32.7 Å². The van der Waals surface area contributed by atoms with Crippen molar-refractivity contribution in [1.82, 2.24) is 0 Å². The average Bonchev–Trinajstić information content (AvgIpc) is 2.47. The van der Waals surface area contributed by atoms with Crippen LogP contribution in [0.5, 0.6) is 0 Å². The molecule has 0 radical (unpaired) electrons. The highest BCUT2D eigenvalue weighted by Gasteiger charge is 2.00. The van der Waals surface area contributed by atoms with Crippen LogP contribution in [0.4, 0.5) is 5.69 Å². The van der Waals surface area contributed by atoms with Crippen LogP contribution >= 0.6 is 27.5 Å². The molecule has 0 saturated heterocycles. The number of hydrogen-bond acceptors (Lipinski definition) is 1. The van der Waals surface area contributed by atoms with Gasteiger partial charge in [0.25, 0.3) is 0 Å². The molecule has 106 valence electrons. The zero-order chi connectivity index (χ0) is 14.4. The van der Waals surface area contributed by atoms with Gasteiger partial charge in [0.1, 0.15) is 0 Å². The molecule has 2 rings (SSSR count). The fourth-order valence-electron chi connectivity index (χ4n) is 2.02. The molecular weight excluding hydrogens is 334 g/mol. The van der Waals surface area contributed by atoms with Gasteiger partial charge in [-0.25, -0.2) is 0 Å². The first-order valence-corrected chi connectivity index (χ1v) is 8.13. The fraction of sp³-hybridized carbons (Fsp3) is 0.294. The monoisotopic (exact) mass is 351 g/mol. The minimum absolute atomic E-state index is 0.749. The molecule has 1 nitrogen and oxygen atoms in total. The van der Waals surface area contributed by atoms with Crippen LogP contribution in [0.3, 0.4) is 0 Å². The third-order valence-electron chi connectivity index (χ3n) is 3.25. The smallest absolute Gasteiger partial charge is 0.0551 e. The van der Waals surface area contributed by atoms with Gasteiger partial charge in [-0.3, -0.25) is 0 Å². The highest BCUT2D eigenvalue weighted by atomic mass is 79.9. The van der Waals surface area contributed by atoms with E-state index >= 15 is 0 Å². The second-order valence-electron chi connectivity index (χ2n) is 4.90. The quantitative estimate of drug-likeness (QED) is 0.666. The van der Waals surface area contributed by atoms with Gasteiger partial charge >= 0.3 is 0 Å². The van der Waals surface area contributed by atoms with Gasteiger partial charge in [0, 0.05) is 16.7 Å². The first kappa shape index (κ1) is 15.4. The summed E-state index contributed by atoms with van der Waals surface area (Å²) in [5.41, 5.74) is 3.72. The number of anilines is 1. The number of aryl methyl sites for hydroxylation is 1. The van der Waals surface area contributed by atoms with Gasteiger partial charge in [-0.2, -0.15) is 0 Å². The van der Waals surface area contributed by atoms with Crippen LogP contribution in [0.15, 0.2) is 46.9 Å². The summed E-state index contributed by atoms with van der Waals surface area (Å²) in [7, 11) is 0. The third kappa shape index (κ3) is 4.53. The maximum atomic E-state index is 6.09. The molecule has 0 amide bonds. The van der Waals surface area contributed by atoms with E-state index in [9.17, 15) is 0 Å². The van der Waals surface area contributed by atoms with Crippen molar-refractivity contribution in [2.75, 3.05) is 5.32 Å². The Labute approximate surface area is 134 Å². The average molecular weight is 353 g/mol. The lowest BCUT2D eigenvalue weighted by atomic mass is 10.1. The second-order valence-corrected chi connectivity index (χ2v) is 6.16. The van der Waals surface area contributed by atoms with E-state index < -0.39 is 0 Å². The molecule has 0 unspecified atom stereocenters. The molecular formula is C17H19BrClN. The van der Waals surface area contributed by atoms with Crippen molar-refractivity contribution in [1.29, 1.82) is 0 Å². The molecule has 0 atom stereocenters. The molecule has 3 heteroatoms. The van der Waals surface area contributed by atoms with E-state index in [0.29, 0.717) is 0 Å². The predicted octanol–water partition coefficient (Wildman–Crippen LogP) is 6.06. The summed E-state index contributed by atoms with van der Waals surface area (Å²) in [5.74, 6) is 0. The Hall–Kier alpha value is -0.990. The summed E-state index contributed by atoms with van der Waals surface area (Å²) < 4.78 is 0.934. The number of halogens is 2. The molecule has 2 aromatic carbocycles. The lowest BCUT2D eigenvalue weighted by molar-refractivity contribution is 0.795. The Morgan fingerprint density at radius 2 is 1.75 bits per heavy atom. The molecule has 0 spiro atoms. The van der Waals surface area contributed by atoms with Crippen molar-refractivity contribution >= 4 is 33.2 Å². The normalized spacial score (nSPS) is 10.6. The van der Waals surface area contributed by atoms with Crippen molar-refractivity contribution in [2.24, 2.45) is 0 Å². The van der Waals surface area contributed by atoms with Gasteiger partial charge in [-0.1, -0.05) is 43.1 Å². The standard InChI is InChI=1S/C17H19BrClN/c1-2-3-4-13-5-8-15(9-6-13)20-12-14-7-10-16(18)17(19)11-14/h5-11,20H,2-4,12H2,1H3. The van der Waals surface area contributed by atoms with E-state index in [2.05, 4.69) is 58.5 Å². The van der Waals surface area contributed by atoms with Crippen LogP contribution in [0, 0.1) is 0 Å². The van der Waals surface area contributed by atoms with E-state index in [0.717, 1.165) is 21.7 Å². The van der Waals surface area contributed by atoms with Crippen LogP contribution in [-0.2, 0) is 13.0 Å². The van der Waals surface area contributed by atoms with Crippen LogP contribution in [0.2, 0.25) is 5.02 Å². The van der Waals surface area contributed by atoms with E-state index in [1.165, 1.54) is 30.4 Å². The summed E-state index contributed by atoms with van der Waals surface area (Å²) in [6.07, 6.45) is 3.66. The van der Waals surface area contributed by atoms with Crippen LogP contribution < -0.4 is 5.32 Å². The van der Waals surface area contributed by atoms with Crippen molar-refractivity contribution in [3.05, 3.63) is 63.1 Å². The molecule has 0 bridgehead atoms. The Bertz CT molecular complexity index is 551. The van der Waals surface area contributed by atoms with E-state index in [1.807, 2.05) is 12.1 Å². The first-order valence-electron chi connectivity index (χ1n) is 6.96. The largest absolute Gasteiger partial charge is 0.381 e. The Kier molecular flexibility index (Phi) is 5.93. The summed E-state index contributed by atoms with van der Waals surface area (Å²) in [6.45, 7) is 3.00. The van der Waals surface area contributed by atoms with E-state index in [1.54, 1.807) is 0 Å². The molecule has 2 aromatic rings. The van der Waals surface area contributed by atoms with Crippen LogP contribution in [0.1, 0.15) is 30.9 Å². The summed E-state index contributed by atoms with van der Waals surface area (Å²) in [5, 5.41) is 4.17. The Morgan fingerprint density at radius 3 is 2.40 bits per heavy atom. The zero-order valence-electron chi connectivity index (χ0n) is 11.6. The topological polar surface area (TPSA) is 12.0 Å². The van der Waals surface area contributed by atoms with Gasteiger partial charge in [0.05, 0.1) is 5.02 Å². The first-order chi connectivity index (χ1) is 9.69. The highest BCUT2D eigenvalue weighted by molar-refractivity contribution is 9.10. The second kappa shape index (κ2) is 7.70. The SMILES string of the molecule is CCCCc1ccc(NCc2ccc(Br)c(Cl)c2)cc1. The number of rotatable bonds is 6. The van der Waals surface area contributed by atoms with Crippen molar-refractivity contribution in [3.63, 3.8) is 0 Å². The van der Waals surface area contributed by atoms with Crippen molar-refractivity contribution in [3.8, 4) is 0 Å². The molecule has 0 aliphatic heterocycles. The summed E-state index contributed by atoms with van der Waals surface area (Å²) in [6, 6.07) is 14.7. The molecule has 20 heavy (non-hydrogen) atoms. The van der Waals surface area contributed by atoms with Crippen LogP contribution in [0.25, 0.3) is 0 Å². The van der Waals surface area contributed by atoms with E-state index in [4.69, 9.17) is 11.6 Å². The minimum atomic E-state index is 0.749. The van der Waals surface area contributed by atoms with Gasteiger partial charge in [0.2, 0.25) is 0 Å². The molecule has 0 aliphatic rings. The minimum Gasteiger partial charge on any atom is -0.381 e. The van der Waals surface area contributed by atoms with Crippen molar-refractivity contribution < 1.29 is 0 Å². The lowest BCUT2D eigenvalue weighted by Crippen LogP contribution is -1.99. The van der Waals surface area contributed by atoms with Gasteiger partial charge in [-0.15, -0.1) is 0 Å². The summed E-state index contributed by atoms with van der Waals surface area (Å²) >= 11 is 9.49. The van der Waals surface area contributed by atoms with Gasteiger partial charge in [-0.05, 0) is 64.2 Å². The maximum Gasteiger partial charge on any atom is 0.0551 e. The molecule has 1 N–H and O–H groups in total. The fourth-order valence-corrected chi connectivity index (χ4v) is 2.47. The van der Waals surface area contributed by atoms with E-state index in [-0.39, 0.29) is 0 Å². The molecule has 0 heterocycles. The maximum absolute atomic E-state index is 6.09. The van der Waals surface area contributed by atoms with Gasteiger partial charge < -0.3 is 5.32 Å². The number of hydrogen-bond donors (Lipinski definition) is 1. The number of unbranched alkanes of at least 4 members (excludes halogenated alkanes) is 1. The third-order valence-corrected chi connectivity index (χ3v) is 4.49. The molecule has 0 aliphatic carbocycles. The van der Waals surface area contributed by atoms with Gasteiger partial charge in [0.15, 0.2) is 0 Å². The molecule has 0 aromatic heterocycles. The van der Waals surface area contributed by atoms with Crippen LogP contribution in [-0.4, -0.2) is 0 Å². The zero-order valence-corrected chi connectivity index (χ0v) is 14.0. The predicted molar refractivity (Wildman–Crippen MR) is 91.5 cm³/mol. The molecule has 0 saturated carbocycles. The Morgan fingerprint density at radius 1 is 1.05 bits per heavy atom. The number of benzene rings is 2. The Balaban J connectivity index is 1.91. The highest BCUT2D eigenvalue weighted by Crippen LogP contribution is 2.23. The lowest BCUT2D eigenvalue weighted by Gasteiger charge is -2.08. The summed E-state index contributed by atoms with van der Waals surface area (Å²) in [4.78, 5) is 0.